The first-order chi connectivity index (χ1) is 15.5. The van der Waals surface area contributed by atoms with Gasteiger partial charge in [0.15, 0.2) is 0 Å². The van der Waals surface area contributed by atoms with Gasteiger partial charge in [0.05, 0.1) is 0 Å². The summed E-state index contributed by atoms with van der Waals surface area (Å²) in [5.41, 5.74) is 3.77. The molecule has 32 heavy (non-hydrogen) atoms. The second kappa shape index (κ2) is 9.93. The van der Waals surface area contributed by atoms with Crippen LogP contribution in [0.25, 0.3) is 0 Å². The van der Waals surface area contributed by atoms with E-state index in [0.717, 1.165) is 54.7 Å². The molecule has 3 aromatic rings. The van der Waals surface area contributed by atoms with Crippen LogP contribution < -0.4 is 15.5 Å². The first-order valence-electron chi connectivity index (χ1n) is 10.5. The smallest absolute Gasteiger partial charge is 0.232 e. The summed E-state index contributed by atoms with van der Waals surface area (Å²) in [7, 11) is 0. The lowest BCUT2D eigenvalue weighted by Crippen LogP contribution is -2.46. The number of halogens is 1. The molecule has 0 atom stereocenters. The lowest BCUT2D eigenvalue weighted by Gasteiger charge is -2.34. The van der Waals surface area contributed by atoms with Crippen LogP contribution in [-0.4, -0.2) is 51.9 Å². The van der Waals surface area contributed by atoms with E-state index in [4.69, 9.17) is 11.6 Å². The molecule has 1 amide bonds. The average Bonchev–Trinajstić information content (AvgIpc) is 2.78. The second-order valence-electron chi connectivity index (χ2n) is 7.78. The van der Waals surface area contributed by atoms with Gasteiger partial charge < -0.3 is 15.5 Å². The molecule has 0 unspecified atom stereocenters. The van der Waals surface area contributed by atoms with Crippen molar-refractivity contribution in [3.05, 3.63) is 64.9 Å². The number of nitrogens with zero attached hydrogens (tertiary/aromatic N) is 5. The molecular formula is C23H26ClN7O. The van der Waals surface area contributed by atoms with Crippen molar-refractivity contribution in [1.82, 2.24) is 19.9 Å². The third kappa shape index (κ3) is 5.52. The zero-order valence-electron chi connectivity index (χ0n) is 18.2. The maximum atomic E-state index is 11.4. The number of nitrogens with one attached hydrogen (secondary N) is 2. The number of piperazine rings is 1. The molecule has 2 N–H and O–H groups in total. The Morgan fingerprint density at radius 1 is 1.03 bits per heavy atom. The van der Waals surface area contributed by atoms with E-state index in [0.29, 0.717) is 11.9 Å². The number of carbonyl (C=O) groups is 1. The van der Waals surface area contributed by atoms with Crippen LogP contribution in [0.15, 0.2) is 48.8 Å². The summed E-state index contributed by atoms with van der Waals surface area (Å²) in [6.07, 6.45) is 1.53. The molecule has 1 saturated heterocycles. The van der Waals surface area contributed by atoms with E-state index < -0.39 is 0 Å². The lowest BCUT2D eigenvalue weighted by atomic mass is 10.1. The van der Waals surface area contributed by atoms with Crippen molar-refractivity contribution in [3.8, 4) is 0 Å². The predicted molar refractivity (Wildman–Crippen MR) is 128 cm³/mol. The minimum Gasteiger partial charge on any atom is -0.338 e. The Kier molecular flexibility index (Phi) is 6.82. The summed E-state index contributed by atoms with van der Waals surface area (Å²) in [4.78, 5) is 29.3. The van der Waals surface area contributed by atoms with Crippen LogP contribution in [0.2, 0.25) is 5.02 Å². The van der Waals surface area contributed by atoms with Gasteiger partial charge in [0.2, 0.25) is 17.8 Å². The molecule has 8 nitrogen and oxygen atoms in total. The number of benzene rings is 2. The number of hydrogen-bond donors (Lipinski definition) is 2. The predicted octanol–water partition coefficient (Wildman–Crippen LogP) is 3.86. The fourth-order valence-corrected chi connectivity index (χ4v) is 3.80. The maximum absolute atomic E-state index is 11.4. The highest BCUT2D eigenvalue weighted by atomic mass is 35.5. The van der Waals surface area contributed by atoms with E-state index in [1.807, 2.05) is 37.3 Å². The molecule has 0 spiro atoms. The minimum atomic E-state index is -0.108. The quantitative estimate of drug-likeness (QED) is 0.588. The van der Waals surface area contributed by atoms with Crippen LogP contribution in [-0.2, 0) is 11.3 Å². The van der Waals surface area contributed by atoms with Crippen molar-refractivity contribution in [1.29, 1.82) is 0 Å². The Bertz CT molecular complexity index is 1080. The number of anilines is 4. The fraction of sp³-hybridized carbons (Fsp3) is 0.304. The SMILES string of the molecule is CC(=O)Nc1cccc(Nc2ncnc(N3CCN(Cc4ccc(Cl)cc4)CC3)n2)c1C. The van der Waals surface area contributed by atoms with E-state index >= 15 is 0 Å². The van der Waals surface area contributed by atoms with Gasteiger partial charge >= 0.3 is 0 Å². The zero-order valence-corrected chi connectivity index (χ0v) is 18.9. The Morgan fingerprint density at radius 2 is 1.75 bits per heavy atom. The van der Waals surface area contributed by atoms with Gasteiger partial charge in [-0.2, -0.15) is 4.98 Å². The third-order valence-corrected chi connectivity index (χ3v) is 5.68. The van der Waals surface area contributed by atoms with Crippen LogP contribution in [0, 0.1) is 6.92 Å². The molecule has 1 aliphatic heterocycles. The highest BCUT2D eigenvalue weighted by Crippen LogP contribution is 2.25. The van der Waals surface area contributed by atoms with Gasteiger partial charge in [-0.15, -0.1) is 0 Å². The Balaban J connectivity index is 1.39. The van der Waals surface area contributed by atoms with Crippen molar-refractivity contribution < 1.29 is 4.79 Å². The summed E-state index contributed by atoms with van der Waals surface area (Å²) in [5.74, 6) is 1.02. The lowest BCUT2D eigenvalue weighted by molar-refractivity contribution is -0.114. The summed E-state index contributed by atoms with van der Waals surface area (Å²) in [6, 6.07) is 13.7. The van der Waals surface area contributed by atoms with Gasteiger partial charge in [0.1, 0.15) is 6.33 Å². The van der Waals surface area contributed by atoms with Crippen molar-refractivity contribution >= 4 is 40.8 Å². The normalized spacial score (nSPS) is 14.3. The van der Waals surface area contributed by atoms with E-state index in [9.17, 15) is 4.79 Å². The van der Waals surface area contributed by atoms with Crippen LogP contribution in [0.1, 0.15) is 18.1 Å². The maximum Gasteiger partial charge on any atom is 0.232 e. The van der Waals surface area contributed by atoms with Crippen LogP contribution in [0.3, 0.4) is 0 Å². The molecule has 1 aliphatic rings. The molecule has 4 rings (SSSR count). The van der Waals surface area contributed by atoms with E-state index in [2.05, 4.69) is 47.5 Å². The molecule has 1 aromatic heterocycles. The molecule has 0 bridgehead atoms. The molecule has 2 heterocycles. The van der Waals surface area contributed by atoms with Crippen LogP contribution in [0.5, 0.6) is 0 Å². The van der Waals surface area contributed by atoms with Crippen molar-refractivity contribution in [2.75, 3.05) is 41.7 Å². The van der Waals surface area contributed by atoms with Crippen LogP contribution in [0.4, 0.5) is 23.3 Å². The Labute approximate surface area is 192 Å². The standard InChI is InChI=1S/C23H26ClN7O/c1-16-20(27-17(2)32)4-3-5-21(16)28-22-25-15-26-23(29-22)31-12-10-30(11-13-31)14-18-6-8-19(24)9-7-18/h3-9,15H,10-14H2,1-2H3,(H,27,32)(H,25,26,28,29). The first kappa shape index (κ1) is 22.0. The molecule has 0 saturated carbocycles. The van der Waals surface area contributed by atoms with Crippen LogP contribution >= 0.6 is 11.6 Å². The van der Waals surface area contributed by atoms with Gasteiger partial charge in [-0.1, -0.05) is 29.8 Å². The molecule has 9 heteroatoms. The van der Waals surface area contributed by atoms with Gasteiger partial charge in [0.25, 0.3) is 0 Å². The number of carbonyl (C=O) groups excluding carboxylic acids is 1. The third-order valence-electron chi connectivity index (χ3n) is 5.42. The number of rotatable bonds is 6. The van der Waals surface area contributed by atoms with Crippen molar-refractivity contribution in [2.24, 2.45) is 0 Å². The van der Waals surface area contributed by atoms with Crippen molar-refractivity contribution in [2.45, 2.75) is 20.4 Å². The highest BCUT2D eigenvalue weighted by molar-refractivity contribution is 6.30. The number of aromatic nitrogens is 3. The fourth-order valence-electron chi connectivity index (χ4n) is 3.67. The topological polar surface area (TPSA) is 86.3 Å². The van der Waals surface area contributed by atoms with E-state index in [1.54, 1.807) is 0 Å². The van der Waals surface area contributed by atoms with Gasteiger partial charge in [-0.25, -0.2) is 9.97 Å². The highest BCUT2D eigenvalue weighted by Gasteiger charge is 2.20. The van der Waals surface area contributed by atoms with E-state index in [-0.39, 0.29) is 5.91 Å². The Hall–Kier alpha value is -3.23. The van der Waals surface area contributed by atoms with E-state index in [1.165, 1.54) is 18.8 Å². The second-order valence-corrected chi connectivity index (χ2v) is 8.22. The molecule has 0 radical (unpaired) electrons. The molecule has 2 aromatic carbocycles. The largest absolute Gasteiger partial charge is 0.338 e. The summed E-state index contributed by atoms with van der Waals surface area (Å²) >= 11 is 5.98. The minimum absolute atomic E-state index is 0.108. The monoisotopic (exact) mass is 451 g/mol. The average molecular weight is 452 g/mol. The molecular weight excluding hydrogens is 426 g/mol. The Morgan fingerprint density at radius 3 is 2.47 bits per heavy atom. The summed E-state index contributed by atoms with van der Waals surface area (Å²) in [6.45, 7) is 7.87. The molecule has 0 aliphatic carbocycles. The summed E-state index contributed by atoms with van der Waals surface area (Å²) < 4.78 is 0. The molecule has 1 fully saturated rings. The summed E-state index contributed by atoms with van der Waals surface area (Å²) in [5, 5.41) is 6.84. The first-order valence-corrected chi connectivity index (χ1v) is 10.9. The van der Waals surface area contributed by atoms with Gasteiger partial charge in [-0.3, -0.25) is 9.69 Å². The van der Waals surface area contributed by atoms with Crippen molar-refractivity contribution in [3.63, 3.8) is 0 Å². The van der Waals surface area contributed by atoms with Gasteiger partial charge in [-0.05, 0) is 42.3 Å². The number of amides is 1. The molecule has 166 valence electrons. The number of hydrogen-bond acceptors (Lipinski definition) is 7. The zero-order chi connectivity index (χ0) is 22.5. The van der Waals surface area contributed by atoms with Gasteiger partial charge in [0, 0.05) is 56.0 Å².